The highest BCUT2D eigenvalue weighted by atomic mass is 35.5. The van der Waals surface area contributed by atoms with Gasteiger partial charge in [-0.2, -0.15) is 0 Å². The normalized spacial score (nSPS) is 10.1. The molecule has 0 aliphatic rings. The van der Waals surface area contributed by atoms with Gasteiger partial charge in [0.2, 0.25) is 0 Å². The van der Waals surface area contributed by atoms with Gasteiger partial charge in [0.25, 0.3) is 0 Å². The van der Waals surface area contributed by atoms with Gasteiger partial charge in [-0.05, 0) is 36.8 Å². The Labute approximate surface area is 100 Å². The summed E-state index contributed by atoms with van der Waals surface area (Å²) in [7, 11) is 0. The third kappa shape index (κ3) is 2.74. The van der Waals surface area contributed by atoms with E-state index in [1.54, 1.807) is 6.20 Å². The SMILES string of the molecule is Cc1cc(Nc2ccc(CCl)cc2)ccn1. The molecule has 0 atom stereocenters. The Balaban J connectivity index is 2.14. The van der Waals surface area contributed by atoms with Crippen LogP contribution in [0, 0.1) is 6.92 Å². The Morgan fingerprint density at radius 3 is 2.50 bits per heavy atom. The molecule has 0 amide bonds. The zero-order valence-electron chi connectivity index (χ0n) is 9.07. The maximum absolute atomic E-state index is 5.73. The van der Waals surface area contributed by atoms with E-state index in [4.69, 9.17) is 11.6 Å². The van der Waals surface area contributed by atoms with Crippen LogP contribution in [-0.2, 0) is 5.88 Å². The molecule has 2 nitrogen and oxygen atoms in total. The van der Waals surface area contributed by atoms with Gasteiger partial charge in [-0.1, -0.05) is 12.1 Å². The number of pyridine rings is 1. The first-order chi connectivity index (χ1) is 7.78. The number of hydrogen-bond donors (Lipinski definition) is 1. The van der Waals surface area contributed by atoms with Crippen LogP contribution in [0.25, 0.3) is 0 Å². The second-order valence-electron chi connectivity index (χ2n) is 3.64. The van der Waals surface area contributed by atoms with Crippen molar-refractivity contribution in [2.24, 2.45) is 0 Å². The molecule has 0 unspecified atom stereocenters. The lowest BCUT2D eigenvalue weighted by molar-refractivity contribution is 1.20. The molecule has 0 saturated heterocycles. The van der Waals surface area contributed by atoms with Crippen molar-refractivity contribution in [1.82, 2.24) is 4.98 Å². The van der Waals surface area contributed by atoms with Gasteiger partial charge in [-0.25, -0.2) is 0 Å². The number of rotatable bonds is 3. The lowest BCUT2D eigenvalue weighted by atomic mass is 10.2. The summed E-state index contributed by atoms with van der Waals surface area (Å²) in [5, 5.41) is 3.31. The zero-order chi connectivity index (χ0) is 11.4. The zero-order valence-corrected chi connectivity index (χ0v) is 9.83. The summed E-state index contributed by atoms with van der Waals surface area (Å²) in [5.41, 5.74) is 4.23. The molecule has 82 valence electrons. The Bertz CT molecular complexity index is 466. The number of benzene rings is 1. The number of aryl methyl sites for hydroxylation is 1. The fraction of sp³-hybridized carbons (Fsp3) is 0.154. The maximum Gasteiger partial charge on any atom is 0.0474 e. The van der Waals surface area contributed by atoms with Crippen molar-refractivity contribution in [3.8, 4) is 0 Å². The Hall–Kier alpha value is -1.54. The van der Waals surface area contributed by atoms with Crippen LogP contribution < -0.4 is 5.32 Å². The van der Waals surface area contributed by atoms with E-state index in [0.29, 0.717) is 5.88 Å². The highest BCUT2D eigenvalue weighted by Gasteiger charge is 1.96. The molecule has 0 fully saturated rings. The second kappa shape index (κ2) is 4.99. The van der Waals surface area contributed by atoms with E-state index in [-0.39, 0.29) is 0 Å². The third-order valence-electron chi connectivity index (χ3n) is 2.29. The van der Waals surface area contributed by atoms with Crippen molar-refractivity contribution in [3.63, 3.8) is 0 Å². The molecule has 3 heteroatoms. The summed E-state index contributed by atoms with van der Waals surface area (Å²) in [6, 6.07) is 12.0. The average Bonchev–Trinajstić information content (AvgIpc) is 2.30. The van der Waals surface area contributed by atoms with Crippen LogP contribution in [0.4, 0.5) is 11.4 Å². The van der Waals surface area contributed by atoms with E-state index in [1.807, 2.05) is 43.3 Å². The largest absolute Gasteiger partial charge is 0.355 e. The van der Waals surface area contributed by atoms with Crippen LogP contribution in [0.5, 0.6) is 0 Å². The predicted molar refractivity (Wildman–Crippen MR) is 68.3 cm³/mol. The molecule has 2 aromatic rings. The smallest absolute Gasteiger partial charge is 0.0474 e. The van der Waals surface area contributed by atoms with Gasteiger partial charge < -0.3 is 5.32 Å². The van der Waals surface area contributed by atoms with Crippen molar-refractivity contribution in [3.05, 3.63) is 53.9 Å². The van der Waals surface area contributed by atoms with E-state index >= 15 is 0 Å². The summed E-state index contributed by atoms with van der Waals surface area (Å²) < 4.78 is 0. The van der Waals surface area contributed by atoms with Crippen molar-refractivity contribution >= 4 is 23.0 Å². The van der Waals surface area contributed by atoms with Crippen molar-refractivity contribution < 1.29 is 0 Å². The quantitative estimate of drug-likeness (QED) is 0.813. The summed E-state index contributed by atoms with van der Waals surface area (Å²) >= 11 is 5.73. The predicted octanol–water partition coefficient (Wildman–Crippen LogP) is 3.87. The fourth-order valence-electron chi connectivity index (χ4n) is 1.47. The van der Waals surface area contributed by atoms with Gasteiger partial charge in [0.05, 0.1) is 0 Å². The van der Waals surface area contributed by atoms with Crippen LogP contribution in [-0.4, -0.2) is 4.98 Å². The molecule has 1 heterocycles. The van der Waals surface area contributed by atoms with E-state index in [2.05, 4.69) is 10.3 Å². The molecule has 0 bridgehead atoms. The van der Waals surface area contributed by atoms with Gasteiger partial charge in [0.1, 0.15) is 0 Å². The molecule has 2 rings (SSSR count). The first kappa shape index (κ1) is 11.0. The molecule has 0 spiro atoms. The Morgan fingerprint density at radius 2 is 1.88 bits per heavy atom. The van der Waals surface area contributed by atoms with Crippen molar-refractivity contribution in [1.29, 1.82) is 0 Å². The van der Waals surface area contributed by atoms with Gasteiger partial charge in [-0.15, -0.1) is 11.6 Å². The number of halogens is 1. The first-order valence-electron chi connectivity index (χ1n) is 5.12. The van der Waals surface area contributed by atoms with E-state index in [0.717, 1.165) is 22.6 Å². The summed E-state index contributed by atoms with van der Waals surface area (Å²) in [6.07, 6.45) is 1.80. The van der Waals surface area contributed by atoms with Crippen LogP contribution in [0.2, 0.25) is 0 Å². The molecule has 0 radical (unpaired) electrons. The number of anilines is 2. The average molecular weight is 233 g/mol. The Kier molecular flexibility index (Phi) is 3.42. The number of nitrogens with zero attached hydrogens (tertiary/aromatic N) is 1. The maximum atomic E-state index is 5.73. The minimum absolute atomic E-state index is 0.550. The van der Waals surface area contributed by atoms with Crippen LogP contribution in [0.15, 0.2) is 42.6 Å². The molecular formula is C13H13ClN2. The minimum Gasteiger partial charge on any atom is -0.355 e. The fourth-order valence-corrected chi connectivity index (χ4v) is 1.65. The highest BCUT2D eigenvalue weighted by molar-refractivity contribution is 6.17. The molecule has 1 N–H and O–H groups in total. The molecule has 0 aliphatic carbocycles. The van der Waals surface area contributed by atoms with Crippen molar-refractivity contribution in [2.45, 2.75) is 12.8 Å². The summed E-state index contributed by atoms with van der Waals surface area (Å²) in [4.78, 5) is 4.15. The molecule has 0 saturated carbocycles. The van der Waals surface area contributed by atoms with Gasteiger partial charge >= 0.3 is 0 Å². The number of nitrogens with one attached hydrogen (secondary N) is 1. The molecule has 16 heavy (non-hydrogen) atoms. The molecule has 1 aromatic carbocycles. The molecule has 1 aromatic heterocycles. The van der Waals surface area contributed by atoms with E-state index in [1.165, 1.54) is 0 Å². The lowest BCUT2D eigenvalue weighted by Crippen LogP contribution is -1.91. The topological polar surface area (TPSA) is 24.9 Å². The number of aromatic nitrogens is 1. The standard InChI is InChI=1S/C13H13ClN2/c1-10-8-13(6-7-15-10)16-12-4-2-11(9-14)3-5-12/h2-8H,9H2,1H3,(H,15,16). The summed E-state index contributed by atoms with van der Waals surface area (Å²) in [5.74, 6) is 0.550. The van der Waals surface area contributed by atoms with E-state index < -0.39 is 0 Å². The van der Waals surface area contributed by atoms with Gasteiger partial charge in [0.15, 0.2) is 0 Å². The number of alkyl halides is 1. The van der Waals surface area contributed by atoms with E-state index in [9.17, 15) is 0 Å². The second-order valence-corrected chi connectivity index (χ2v) is 3.91. The minimum atomic E-state index is 0.550. The Morgan fingerprint density at radius 1 is 1.12 bits per heavy atom. The van der Waals surface area contributed by atoms with Gasteiger partial charge in [-0.3, -0.25) is 4.98 Å². The van der Waals surface area contributed by atoms with Gasteiger partial charge in [0, 0.05) is 29.1 Å². The lowest BCUT2D eigenvalue weighted by Gasteiger charge is -2.07. The van der Waals surface area contributed by atoms with Crippen LogP contribution in [0.3, 0.4) is 0 Å². The number of hydrogen-bond acceptors (Lipinski definition) is 2. The van der Waals surface area contributed by atoms with Crippen molar-refractivity contribution in [2.75, 3.05) is 5.32 Å². The van der Waals surface area contributed by atoms with Crippen LogP contribution in [0.1, 0.15) is 11.3 Å². The highest BCUT2D eigenvalue weighted by Crippen LogP contribution is 2.17. The van der Waals surface area contributed by atoms with Crippen LogP contribution >= 0.6 is 11.6 Å². The molecular weight excluding hydrogens is 220 g/mol. The third-order valence-corrected chi connectivity index (χ3v) is 2.60. The summed E-state index contributed by atoms with van der Waals surface area (Å²) in [6.45, 7) is 1.97. The first-order valence-corrected chi connectivity index (χ1v) is 5.66. The monoisotopic (exact) mass is 232 g/mol. The molecule has 0 aliphatic heterocycles.